The normalized spacial score (nSPS) is 13.0. The van der Waals surface area contributed by atoms with Gasteiger partial charge in [0.15, 0.2) is 17.5 Å². The highest BCUT2D eigenvalue weighted by atomic mass is 16.3. The molecule has 3 aromatic heterocycles. The second-order valence-electron chi connectivity index (χ2n) is 14.6. The van der Waals surface area contributed by atoms with Gasteiger partial charge in [0.2, 0.25) is 0 Å². The SMILES string of the molecule is C1=C(c2ccc(-c3nc(-c4ccccc4)nc(-c4ccc5c(ccc6ccccc65)c4)n3)c3c2oc2ccccc23)CCc2c1oc1ccc3ccccc3c21. The Labute approximate surface area is 321 Å². The lowest BCUT2D eigenvalue weighted by Crippen LogP contribution is -2.01. The Morgan fingerprint density at radius 1 is 0.411 bits per heavy atom. The van der Waals surface area contributed by atoms with Crippen molar-refractivity contribution in [1.29, 1.82) is 0 Å². The van der Waals surface area contributed by atoms with E-state index >= 15 is 0 Å². The lowest BCUT2D eigenvalue weighted by Gasteiger charge is -2.15. The van der Waals surface area contributed by atoms with Gasteiger partial charge in [0.25, 0.3) is 0 Å². The second-order valence-corrected chi connectivity index (χ2v) is 14.6. The summed E-state index contributed by atoms with van der Waals surface area (Å²) in [7, 11) is 0. The summed E-state index contributed by atoms with van der Waals surface area (Å²) in [5, 5.41) is 10.5. The Hall–Kier alpha value is -7.37. The highest BCUT2D eigenvalue weighted by molar-refractivity contribution is 6.16. The average molecular weight is 718 g/mol. The molecule has 0 saturated heterocycles. The molecule has 0 radical (unpaired) electrons. The molecule has 0 bridgehead atoms. The van der Waals surface area contributed by atoms with Crippen LogP contribution in [0.3, 0.4) is 0 Å². The number of hydrogen-bond acceptors (Lipinski definition) is 5. The summed E-state index contributed by atoms with van der Waals surface area (Å²) in [5.74, 6) is 2.76. The van der Waals surface area contributed by atoms with Crippen LogP contribution in [0, 0.1) is 0 Å². The number of hydrogen-bond donors (Lipinski definition) is 0. The van der Waals surface area contributed by atoms with Gasteiger partial charge < -0.3 is 8.83 Å². The summed E-state index contributed by atoms with van der Waals surface area (Å²) in [5.41, 5.74) is 8.83. The van der Waals surface area contributed by atoms with E-state index in [0.717, 1.165) is 73.8 Å². The summed E-state index contributed by atoms with van der Waals surface area (Å²) in [6.07, 6.45) is 3.96. The molecule has 0 aliphatic heterocycles. The maximum atomic E-state index is 6.77. The molecule has 56 heavy (non-hydrogen) atoms. The number of benzene rings is 8. The van der Waals surface area contributed by atoms with Crippen LogP contribution in [-0.4, -0.2) is 15.0 Å². The first-order valence-corrected chi connectivity index (χ1v) is 19.1. The van der Waals surface area contributed by atoms with E-state index in [0.29, 0.717) is 17.5 Å². The minimum atomic E-state index is 0.597. The van der Waals surface area contributed by atoms with E-state index in [4.69, 9.17) is 23.8 Å². The van der Waals surface area contributed by atoms with Gasteiger partial charge in [0.05, 0.1) is 0 Å². The molecule has 5 heteroatoms. The maximum absolute atomic E-state index is 6.77. The topological polar surface area (TPSA) is 65.0 Å². The van der Waals surface area contributed by atoms with Crippen molar-refractivity contribution in [2.45, 2.75) is 12.8 Å². The number of aryl methyl sites for hydroxylation is 1. The molecule has 12 rings (SSSR count). The highest BCUT2D eigenvalue weighted by Crippen LogP contribution is 2.45. The van der Waals surface area contributed by atoms with Gasteiger partial charge in [0.1, 0.15) is 22.5 Å². The highest BCUT2D eigenvalue weighted by Gasteiger charge is 2.25. The summed E-state index contributed by atoms with van der Waals surface area (Å²) < 4.78 is 13.3. The van der Waals surface area contributed by atoms with Crippen LogP contribution in [0.4, 0.5) is 0 Å². The Kier molecular flexibility index (Phi) is 6.69. The summed E-state index contributed by atoms with van der Waals surface area (Å²) in [6.45, 7) is 0. The predicted molar refractivity (Wildman–Crippen MR) is 228 cm³/mol. The zero-order valence-electron chi connectivity index (χ0n) is 30.2. The van der Waals surface area contributed by atoms with Crippen molar-refractivity contribution in [3.05, 3.63) is 175 Å². The number of para-hydroxylation sites is 1. The molecule has 0 N–H and O–H groups in total. The molecule has 1 aliphatic rings. The zero-order valence-corrected chi connectivity index (χ0v) is 30.2. The molecule has 8 aromatic carbocycles. The van der Waals surface area contributed by atoms with Gasteiger partial charge in [-0.3, -0.25) is 0 Å². The molecule has 0 atom stereocenters. The van der Waals surface area contributed by atoms with E-state index in [-0.39, 0.29) is 0 Å². The fraction of sp³-hybridized carbons (Fsp3) is 0.0392. The van der Waals surface area contributed by atoms with Gasteiger partial charge in [-0.25, -0.2) is 15.0 Å². The number of fused-ring (bicyclic) bond motifs is 11. The number of aromatic nitrogens is 3. The average Bonchev–Trinajstić information content (AvgIpc) is 3.85. The van der Waals surface area contributed by atoms with Crippen molar-refractivity contribution in [1.82, 2.24) is 15.0 Å². The standard InChI is InChI=1S/C51H31N3O2/c1-2-12-32(13-3-1)49-52-50(35-21-23-37-33(28-35)19-18-30-10-4-6-14-36(30)37)54-51(53-49)42-26-25-39(48-47(42)40-16-8-9-17-43(40)56-48)34-20-24-41-45(29-34)55-44-27-22-31-11-5-7-15-38(31)46(41)44/h1-19,21-23,25-29H,20,24H2. The first-order chi connectivity index (χ1) is 27.7. The number of nitrogens with zero attached hydrogens (tertiary/aromatic N) is 3. The Balaban J connectivity index is 1.05. The third-order valence-electron chi connectivity index (χ3n) is 11.4. The monoisotopic (exact) mass is 717 g/mol. The maximum Gasteiger partial charge on any atom is 0.164 e. The van der Waals surface area contributed by atoms with E-state index < -0.39 is 0 Å². The molecule has 0 amide bonds. The smallest absolute Gasteiger partial charge is 0.164 e. The molecular weight excluding hydrogens is 687 g/mol. The molecule has 0 fully saturated rings. The molecule has 5 nitrogen and oxygen atoms in total. The van der Waals surface area contributed by atoms with Gasteiger partial charge in [-0.15, -0.1) is 0 Å². The second kappa shape index (κ2) is 12.1. The van der Waals surface area contributed by atoms with Gasteiger partial charge in [0, 0.05) is 44.0 Å². The number of rotatable bonds is 4. The molecular formula is C51H31N3O2. The van der Waals surface area contributed by atoms with Crippen LogP contribution in [0.2, 0.25) is 0 Å². The quantitative estimate of drug-likeness (QED) is 0.170. The van der Waals surface area contributed by atoms with E-state index in [1.165, 1.54) is 43.5 Å². The molecule has 0 unspecified atom stereocenters. The van der Waals surface area contributed by atoms with Crippen molar-refractivity contribution in [2.75, 3.05) is 0 Å². The number of furan rings is 2. The summed E-state index contributed by atoms with van der Waals surface area (Å²) in [6, 6.07) is 54.9. The lowest BCUT2D eigenvalue weighted by molar-refractivity contribution is 0.596. The molecule has 11 aromatic rings. The Morgan fingerprint density at radius 2 is 1.07 bits per heavy atom. The fourth-order valence-electron chi connectivity index (χ4n) is 8.78. The summed E-state index contributed by atoms with van der Waals surface area (Å²) >= 11 is 0. The van der Waals surface area contributed by atoms with E-state index in [9.17, 15) is 0 Å². The van der Waals surface area contributed by atoms with Crippen molar-refractivity contribution in [2.24, 2.45) is 0 Å². The van der Waals surface area contributed by atoms with Crippen LogP contribution < -0.4 is 0 Å². The predicted octanol–water partition coefficient (Wildman–Crippen LogP) is 13.5. The van der Waals surface area contributed by atoms with Gasteiger partial charge >= 0.3 is 0 Å². The summed E-state index contributed by atoms with van der Waals surface area (Å²) in [4.78, 5) is 15.5. The van der Waals surface area contributed by atoms with Crippen LogP contribution >= 0.6 is 0 Å². The van der Waals surface area contributed by atoms with Crippen molar-refractivity contribution < 1.29 is 8.83 Å². The van der Waals surface area contributed by atoms with Gasteiger partial charge in [-0.2, -0.15) is 0 Å². The van der Waals surface area contributed by atoms with Gasteiger partial charge in [-0.05, 0) is 81.1 Å². The first-order valence-electron chi connectivity index (χ1n) is 19.1. The van der Waals surface area contributed by atoms with Crippen molar-refractivity contribution in [3.8, 4) is 34.2 Å². The van der Waals surface area contributed by atoms with E-state index in [1.807, 2.05) is 42.5 Å². The number of allylic oxidation sites excluding steroid dienone is 1. The van der Waals surface area contributed by atoms with E-state index in [1.54, 1.807) is 0 Å². The largest absolute Gasteiger partial charge is 0.456 e. The van der Waals surface area contributed by atoms with Crippen LogP contribution in [0.25, 0.3) is 111 Å². The Morgan fingerprint density at radius 3 is 1.95 bits per heavy atom. The third kappa shape index (κ3) is 4.77. The van der Waals surface area contributed by atoms with Crippen LogP contribution in [0.15, 0.2) is 167 Å². The van der Waals surface area contributed by atoms with Crippen LogP contribution in [0.5, 0.6) is 0 Å². The van der Waals surface area contributed by atoms with E-state index in [2.05, 4.69) is 121 Å². The van der Waals surface area contributed by atoms with Gasteiger partial charge in [-0.1, -0.05) is 133 Å². The van der Waals surface area contributed by atoms with Crippen molar-refractivity contribution in [3.63, 3.8) is 0 Å². The lowest BCUT2D eigenvalue weighted by atomic mass is 9.88. The fourth-order valence-corrected chi connectivity index (χ4v) is 8.78. The molecule has 3 heterocycles. The molecule has 0 spiro atoms. The Bertz CT molecular complexity index is 3430. The third-order valence-corrected chi connectivity index (χ3v) is 11.4. The first kappa shape index (κ1) is 31.0. The van der Waals surface area contributed by atoms with Crippen molar-refractivity contribution >= 4 is 76.9 Å². The van der Waals surface area contributed by atoms with Crippen LogP contribution in [-0.2, 0) is 6.42 Å². The minimum Gasteiger partial charge on any atom is -0.456 e. The molecule has 1 aliphatic carbocycles. The molecule has 0 saturated carbocycles. The zero-order chi connectivity index (χ0) is 36.7. The van der Waals surface area contributed by atoms with Crippen LogP contribution in [0.1, 0.15) is 23.3 Å². The molecule has 262 valence electrons. The minimum absolute atomic E-state index is 0.597.